The van der Waals surface area contributed by atoms with Crippen LogP contribution in [0, 0.1) is 11.8 Å². The number of rotatable bonds is 3. The van der Waals surface area contributed by atoms with Gasteiger partial charge in [0.2, 0.25) is 5.91 Å². The molecule has 2 saturated carbocycles. The molecule has 0 aromatic carbocycles. The minimum Gasteiger partial charge on any atom is -0.480 e. The largest absolute Gasteiger partial charge is 0.480 e. The summed E-state index contributed by atoms with van der Waals surface area (Å²) in [5, 5.41) is 12.3. The Kier molecular flexibility index (Phi) is 4.13. The van der Waals surface area contributed by atoms with Crippen LogP contribution < -0.4 is 11.1 Å². The smallest absolute Gasteiger partial charge is 0.329 e. The third-order valence-corrected chi connectivity index (χ3v) is 4.81. The van der Waals surface area contributed by atoms with Gasteiger partial charge in [-0.15, -0.1) is 0 Å². The highest BCUT2D eigenvalue weighted by Gasteiger charge is 2.44. The molecule has 2 atom stereocenters. The molecule has 2 fully saturated rings. The number of carbonyl (C=O) groups excluding carboxylic acids is 1. The van der Waals surface area contributed by atoms with Crippen LogP contribution in [0.3, 0.4) is 0 Å². The Balaban J connectivity index is 2.04. The molecular weight excluding hydrogens is 244 g/mol. The molecule has 0 aromatic heterocycles. The topological polar surface area (TPSA) is 92.4 Å². The second-order valence-corrected chi connectivity index (χ2v) is 6.26. The number of hydrogen-bond acceptors (Lipinski definition) is 3. The summed E-state index contributed by atoms with van der Waals surface area (Å²) in [6, 6.07) is -0.117. The van der Waals surface area contributed by atoms with Gasteiger partial charge in [-0.05, 0) is 44.4 Å². The Morgan fingerprint density at radius 3 is 2.32 bits per heavy atom. The van der Waals surface area contributed by atoms with Crippen LogP contribution in [0.15, 0.2) is 0 Å². The van der Waals surface area contributed by atoms with Gasteiger partial charge in [-0.2, -0.15) is 0 Å². The van der Waals surface area contributed by atoms with Crippen LogP contribution in [0.2, 0.25) is 0 Å². The molecule has 108 valence electrons. The summed E-state index contributed by atoms with van der Waals surface area (Å²) in [6.45, 7) is 2.13. The van der Waals surface area contributed by atoms with E-state index in [9.17, 15) is 14.7 Å². The lowest BCUT2D eigenvalue weighted by Gasteiger charge is -2.37. The van der Waals surface area contributed by atoms with E-state index in [1.807, 2.05) is 0 Å². The van der Waals surface area contributed by atoms with E-state index in [1.165, 1.54) is 0 Å². The predicted molar refractivity (Wildman–Crippen MR) is 71.5 cm³/mol. The summed E-state index contributed by atoms with van der Waals surface area (Å²) in [4.78, 5) is 23.8. The number of amides is 1. The van der Waals surface area contributed by atoms with E-state index in [0.717, 1.165) is 32.1 Å². The Labute approximate surface area is 113 Å². The molecule has 0 heterocycles. The zero-order valence-corrected chi connectivity index (χ0v) is 11.5. The second-order valence-electron chi connectivity index (χ2n) is 6.26. The highest BCUT2D eigenvalue weighted by Crippen LogP contribution is 2.33. The fourth-order valence-corrected chi connectivity index (χ4v) is 3.29. The van der Waals surface area contributed by atoms with Crippen LogP contribution in [-0.4, -0.2) is 28.6 Å². The Morgan fingerprint density at radius 1 is 1.21 bits per heavy atom. The molecule has 2 aliphatic carbocycles. The molecule has 2 unspecified atom stereocenters. The van der Waals surface area contributed by atoms with Crippen molar-refractivity contribution >= 4 is 11.9 Å². The number of carboxylic acid groups (broad SMARTS) is 1. The van der Waals surface area contributed by atoms with Gasteiger partial charge in [0, 0.05) is 6.04 Å². The van der Waals surface area contributed by atoms with Gasteiger partial charge < -0.3 is 16.2 Å². The van der Waals surface area contributed by atoms with Gasteiger partial charge in [0.25, 0.3) is 0 Å². The van der Waals surface area contributed by atoms with Crippen molar-refractivity contribution in [2.45, 2.75) is 63.5 Å². The van der Waals surface area contributed by atoms with Gasteiger partial charge in [-0.3, -0.25) is 4.79 Å². The maximum absolute atomic E-state index is 12.3. The van der Waals surface area contributed by atoms with Crippen molar-refractivity contribution in [3.63, 3.8) is 0 Å². The first-order valence-corrected chi connectivity index (χ1v) is 7.25. The molecule has 0 aliphatic heterocycles. The lowest BCUT2D eigenvalue weighted by atomic mass is 9.76. The summed E-state index contributed by atoms with van der Waals surface area (Å²) in [5.41, 5.74) is 4.85. The normalized spacial score (nSPS) is 38.9. The van der Waals surface area contributed by atoms with Crippen LogP contribution in [0.25, 0.3) is 0 Å². The molecule has 19 heavy (non-hydrogen) atoms. The first-order valence-electron chi connectivity index (χ1n) is 7.25. The fourth-order valence-electron chi connectivity index (χ4n) is 3.29. The maximum atomic E-state index is 12.3. The van der Waals surface area contributed by atoms with Crippen molar-refractivity contribution < 1.29 is 14.7 Å². The summed E-state index contributed by atoms with van der Waals surface area (Å²) >= 11 is 0. The minimum atomic E-state index is -1.06. The number of carbonyl (C=O) groups is 2. The maximum Gasteiger partial charge on any atom is 0.329 e. The Hall–Kier alpha value is -1.10. The van der Waals surface area contributed by atoms with Crippen LogP contribution in [0.4, 0.5) is 0 Å². The molecule has 0 saturated heterocycles. The highest BCUT2D eigenvalue weighted by atomic mass is 16.4. The van der Waals surface area contributed by atoms with Crippen molar-refractivity contribution in [1.29, 1.82) is 0 Å². The number of nitrogens with one attached hydrogen (secondary N) is 1. The van der Waals surface area contributed by atoms with Crippen LogP contribution in [0.5, 0.6) is 0 Å². The van der Waals surface area contributed by atoms with E-state index in [1.54, 1.807) is 0 Å². The SMILES string of the molecule is CC1CCC(NC(=O)C2CCCC2N)(C(=O)O)CC1. The Morgan fingerprint density at radius 2 is 1.84 bits per heavy atom. The highest BCUT2D eigenvalue weighted by molar-refractivity contribution is 5.88. The first kappa shape index (κ1) is 14.3. The molecule has 4 N–H and O–H groups in total. The molecule has 2 aliphatic rings. The number of hydrogen-bond donors (Lipinski definition) is 3. The summed E-state index contributed by atoms with van der Waals surface area (Å²) < 4.78 is 0. The summed E-state index contributed by atoms with van der Waals surface area (Å²) in [6.07, 6.45) is 5.34. The molecule has 0 bridgehead atoms. The van der Waals surface area contributed by atoms with E-state index < -0.39 is 11.5 Å². The van der Waals surface area contributed by atoms with Gasteiger partial charge in [0.15, 0.2) is 0 Å². The van der Waals surface area contributed by atoms with Gasteiger partial charge in [0.1, 0.15) is 5.54 Å². The van der Waals surface area contributed by atoms with Gasteiger partial charge in [0.05, 0.1) is 5.92 Å². The van der Waals surface area contributed by atoms with Gasteiger partial charge in [-0.1, -0.05) is 13.3 Å². The third kappa shape index (κ3) is 2.91. The van der Waals surface area contributed by atoms with Crippen LogP contribution >= 0.6 is 0 Å². The lowest BCUT2D eigenvalue weighted by molar-refractivity contribution is -0.150. The molecule has 1 amide bonds. The minimum absolute atomic E-state index is 0.117. The standard InChI is InChI=1S/C14H24N2O3/c1-9-5-7-14(8-6-9,13(18)19)16-12(17)10-3-2-4-11(10)15/h9-11H,2-8,15H2,1H3,(H,16,17)(H,18,19). The predicted octanol–water partition coefficient (Wildman–Crippen LogP) is 1.26. The van der Waals surface area contributed by atoms with Gasteiger partial charge in [-0.25, -0.2) is 4.79 Å². The quantitative estimate of drug-likeness (QED) is 0.718. The van der Waals surface area contributed by atoms with Gasteiger partial charge >= 0.3 is 5.97 Å². The fraction of sp³-hybridized carbons (Fsp3) is 0.857. The zero-order valence-electron chi connectivity index (χ0n) is 11.5. The number of carboxylic acids is 1. The van der Waals surface area contributed by atoms with Crippen LogP contribution in [0.1, 0.15) is 51.9 Å². The average molecular weight is 268 g/mol. The van der Waals surface area contributed by atoms with Crippen molar-refractivity contribution in [3.05, 3.63) is 0 Å². The van der Waals surface area contributed by atoms with Crippen molar-refractivity contribution in [2.24, 2.45) is 17.6 Å². The van der Waals surface area contributed by atoms with Crippen LogP contribution in [-0.2, 0) is 9.59 Å². The zero-order chi connectivity index (χ0) is 14.0. The molecule has 5 heteroatoms. The second kappa shape index (κ2) is 5.49. The van der Waals surface area contributed by atoms with E-state index in [-0.39, 0.29) is 17.9 Å². The van der Waals surface area contributed by atoms with E-state index in [0.29, 0.717) is 18.8 Å². The van der Waals surface area contributed by atoms with Crippen molar-refractivity contribution in [1.82, 2.24) is 5.32 Å². The molecule has 0 radical (unpaired) electrons. The van der Waals surface area contributed by atoms with E-state index in [4.69, 9.17) is 5.73 Å². The van der Waals surface area contributed by atoms with E-state index >= 15 is 0 Å². The summed E-state index contributed by atoms with van der Waals surface area (Å²) in [5.74, 6) is -0.741. The van der Waals surface area contributed by atoms with E-state index in [2.05, 4.69) is 12.2 Å². The lowest BCUT2D eigenvalue weighted by Crippen LogP contribution is -2.58. The number of aliphatic carboxylic acids is 1. The van der Waals surface area contributed by atoms with Crippen molar-refractivity contribution in [3.8, 4) is 0 Å². The molecule has 0 spiro atoms. The molecular formula is C14H24N2O3. The third-order valence-electron chi connectivity index (χ3n) is 4.81. The average Bonchev–Trinajstić information content (AvgIpc) is 2.78. The molecule has 5 nitrogen and oxygen atoms in total. The molecule has 2 rings (SSSR count). The number of nitrogens with two attached hydrogens (primary N) is 1. The first-order chi connectivity index (χ1) is 8.94. The Bertz CT molecular complexity index is 362. The van der Waals surface area contributed by atoms with Crippen molar-refractivity contribution in [2.75, 3.05) is 0 Å². The molecule has 0 aromatic rings. The monoisotopic (exact) mass is 268 g/mol. The summed E-state index contributed by atoms with van der Waals surface area (Å²) in [7, 11) is 0.